The summed E-state index contributed by atoms with van der Waals surface area (Å²) in [5.74, 6) is 0. The van der Waals surface area contributed by atoms with Crippen molar-refractivity contribution in [3.05, 3.63) is 48.5 Å². The third-order valence-electron chi connectivity index (χ3n) is 2.11. The molecule has 0 bridgehead atoms. The lowest BCUT2D eigenvalue weighted by Gasteiger charge is -2.19. The number of nitrogens with two attached hydrogens (primary N) is 2. The van der Waals surface area contributed by atoms with E-state index >= 15 is 0 Å². The standard InChI is InChI=1S/2C6H8N2.H3O4P/c2*7-5-3-1-2-4-6(5)8;1-5(2,3)4/h2*1-4H,7-8H2;(H3,1,2,3,4). The fraction of sp³-hybridized carbons (Fsp3) is 0. The zero-order valence-corrected chi connectivity index (χ0v) is 12.2. The van der Waals surface area contributed by atoms with Crippen LogP contribution in [0.3, 0.4) is 0 Å². The number of hydrogen-bond donors (Lipinski definition) is 5. The molecule has 9 heteroatoms. The number of hydrogen-bond acceptors (Lipinski definition) is 5. The first-order chi connectivity index (χ1) is 9.61. The minimum absolute atomic E-state index is 0.757. The van der Waals surface area contributed by atoms with Crippen LogP contribution in [0.25, 0.3) is 0 Å². The van der Waals surface area contributed by atoms with Crippen molar-refractivity contribution in [3.8, 4) is 0 Å². The van der Waals surface area contributed by atoms with Gasteiger partial charge in [-0.3, -0.25) is 0 Å². The van der Waals surface area contributed by atoms with Crippen LogP contribution in [0, 0.1) is 0 Å². The summed E-state index contributed by atoms with van der Waals surface area (Å²) in [5.41, 5.74) is 21.6. The summed E-state index contributed by atoms with van der Waals surface area (Å²) in [6.07, 6.45) is 0. The summed E-state index contributed by atoms with van der Waals surface area (Å²) in [6.45, 7) is 0. The van der Waals surface area contributed by atoms with Gasteiger partial charge >= 0.3 is 0 Å². The molecule has 0 radical (unpaired) electrons. The predicted octanol–water partition coefficient (Wildman–Crippen LogP) is -1.91. The average Bonchev–Trinajstić information content (AvgIpc) is 2.35. The van der Waals surface area contributed by atoms with Gasteiger partial charge in [0.25, 0.3) is 0 Å². The molecule has 11 N–H and O–H groups in total. The molecular weight excluding hydrogens is 295 g/mol. The summed E-state index contributed by atoms with van der Waals surface area (Å²) in [6, 6.07) is 15.1. The molecule has 0 unspecified atom stereocenters. The molecule has 0 aliphatic carbocycles. The molecule has 8 nitrogen and oxygen atoms in total. The number of nitrogen functional groups attached to an aromatic ring is 2. The lowest BCUT2D eigenvalue weighted by atomic mass is 10.3. The van der Waals surface area contributed by atoms with Gasteiger partial charge in [-0.2, -0.15) is 0 Å². The van der Waals surface area contributed by atoms with E-state index in [1.165, 1.54) is 0 Å². The van der Waals surface area contributed by atoms with E-state index in [0.717, 1.165) is 22.7 Å². The van der Waals surface area contributed by atoms with Crippen LogP contribution in [0.15, 0.2) is 48.5 Å². The number of rotatable bonds is 0. The van der Waals surface area contributed by atoms with Crippen molar-refractivity contribution in [1.29, 1.82) is 0 Å². The van der Waals surface area contributed by atoms with Crippen LogP contribution < -0.4 is 32.7 Å². The van der Waals surface area contributed by atoms with Crippen LogP contribution in [-0.2, 0) is 4.57 Å². The average molecular weight is 314 g/mol. The number of benzene rings is 2. The van der Waals surface area contributed by atoms with Crippen LogP contribution in [0.5, 0.6) is 0 Å². The molecule has 0 aliphatic rings. The lowest BCUT2D eigenvalue weighted by molar-refractivity contribution is -0.337. The summed E-state index contributed by atoms with van der Waals surface area (Å²) in [4.78, 5) is 24.3. The highest BCUT2D eigenvalue weighted by Crippen LogP contribution is 2.11. The molecular formula is C12H19N4O4P. The van der Waals surface area contributed by atoms with Gasteiger partial charge in [-0.25, -0.2) is 0 Å². The highest BCUT2D eigenvalue weighted by Gasteiger charge is 1.90. The number of quaternary nitrogens is 2. The van der Waals surface area contributed by atoms with Crippen LogP contribution in [0.2, 0.25) is 0 Å². The fourth-order valence-corrected chi connectivity index (χ4v) is 1.07. The first-order valence-electron chi connectivity index (χ1n) is 5.69. The molecule has 116 valence electrons. The van der Waals surface area contributed by atoms with Gasteiger partial charge in [-0.05, 0) is 12.1 Å². The minimum atomic E-state index is -5.14. The first kappa shape index (κ1) is 19.1. The normalized spacial score (nSPS) is 9.76. The number of phosphoric acid groups is 1. The van der Waals surface area contributed by atoms with Crippen LogP contribution in [0.1, 0.15) is 0 Å². The monoisotopic (exact) mass is 314 g/mol. The van der Waals surface area contributed by atoms with Gasteiger partial charge in [0.1, 0.15) is 0 Å². The van der Waals surface area contributed by atoms with Crippen LogP contribution in [-0.4, -0.2) is 4.89 Å². The smallest absolute Gasteiger partial charge is 0.151 e. The van der Waals surface area contributed by atoms with E-state index < -0.39 is 7.82 Å². The lowest BCUT2D eigenvalue weighted by Crippen LogP contribution is -2.40. The molecule has 2 aromatic carbocycles. The second-order valence-electron chi connectivity index (χ2n) is 3.87. The molecule has 0 fully saturated rings. The van der Waals surface area contributed by atoms with Crippen molar-refractivity contribution in [2.45, 2.75) is 0 Å². The fourth-order valence-electron chi connectivity index (χ4n) is 1.07. The largest absolute Gasteiger partial charge is 0.790 e. The van der Waals surface area contributed by atoms with E-state index in [1.54, 1.807) is 0 Å². The molecule has 2 rings (SSSR count). The Morgan fingerprint density at radius 2 is 1.10 bits per heavy atom. The summed E-state index contributed by atoms with van der Waals surface area (Å²) in [5, 5.41) is 0. The maximum Gasteiger partial charge on any atom is 0.151 e. The van der Waals surface area contributed by atoms with Crippen molar-refractivity contribution >= 4 is 30.6 Å². The van der Waals surface area contributed by atoms with Gasteiger partial charge in [0, 0.05) is 12.1 Å². The Labute approximate surface area is 122 Å². The first-order valence-corrected chi connectivity index (χ1v) is 7.18. The van der Waals surface area contributed by atoms with Gasteiger partial charge in [-0.15, -0.1) is 0 Å². The van der Waals surface area contributed by atoms with Crippen LogP contribution in [0.4, 0.5) is 22.7 Å². The molecule has 0 saturated carbocycles. The maximum absolute atomic E-state index is 8.66. The Kier molecular flexibility index (Phi) is 8.25. The zero-order valence-electron chi connectivity index (χ0n) is 11.3. The van der Waals surface area contributed by atoms with E-state index in [-0.39, 0.29) is 0 Å². The molecule has 0 aromatic heterocycles. The van der Waals surface area contributed by atoms with Crippen molar-refractivity contribution in [2.24, 2.45) is 0 Å². The SMILES string of the molecule is Nc1ccccc1[NH3+].Nc1ccccc1[NH3+].O=P([O-])([O-])O. The van der Waals surface area contributed by atoms with Crippen molar-refractivity contribution in [1.82, 2.24) is 0 Å². The summed E-state index contributed by atoms with van der Waals surface area (Å²) >= 11 is 0. The van der Waals surface area contributed by atoms with E-state index in [1.807, 2.05) is 48.5 Å². The molecule has 0 spiro atoms. The molecule has 0 aliphatic heterocycles. The van der Waals surface area contributed by atoms with E-state index in [9.17, 15) is 0 Å². The predicted molar refractivity (Wildman–Crippen MR) is 76.6 cm³/mol. The van der Waals surface area contributed by atoms with Gasteiger partial charge in [0.05, 0.1) is 19.2 Å². The molecule has 0 heterocycles. The van der Waals surface area contributed by atoms with E-state index in [4.69, 9.17) is 30.7 Å². The van der Waals surface area contributed by atoms with Gasteiger partial charge in [0.15, 0.2) is 11.4 Å². The maximum atomic E-state index is 8.66. The summed E-state index contributed by atoms with van der Waals surface area (Å²) < 4.78 is 8.66. The number of anilines is 2. The molecule has 2 aromatic rings. The molecule has 0 saturated heterocycles. The van der Waals surface area contributed by atoms with Gasteiger partial charge in [0.2, 0.25) is 0 Å². The summed E-state index contributed by atoms with van der Waals surface area (Å²) in [7, 11) is -5.14. The van der Waals surface area contributed by atoms with E-state index in [0.29, 0.717) is 0 Å². The van der Waals surface area contributed by atoms with Crippen molar-refractivity contribution in [3.63, 3.8) is 0 Å². The Balaban J connectivity index is 0.000000296. The molecule has 0 atom stereocenters. The molecule has 0 amide bonds. The third-order valence-corrected chi connectivity index (χ3v) is 2.11. The second-order valence-corrected chi connectivity index (χ2v) is 4.80. The topological polar surface area (TPSA) is 191 Å². The third kappa shape index (κ3) is 11.6. The van der Waals surface area contributed by atoms with Crippen molar-refractivity contribution < 1.29 is 30.7 Å². The van der Waals surface area contributed by atoms with Gasteiger partial charge in [-0.1, -0.05) is 24.3 Å². The highest BCUT2D eigenvalue weighted by molar-refractivity contribution is 7.42. The second kappa shape index (κ2) is 9.09. The Bertz CT molecular complexity index is 510. The highest BCUT2D eigenvalue weighted by atomic mass is 31.2. The Hall–Kier alpha value is -1.93. The van der Waals surface area contributed by atoms with Crippen LogP contribution >= 0.6 is 7.82 Å². The quantitative estimate of drug-likeness (QED) is 0.278. The Morgan fingerprint density at radius 1 is 0.857 bits per heavy atom. The Morgan fingerprint density at radius 3 is 1.24 bits per heavy atom. The van der Waals surface area contributed by atoms with E-state index in [2.05, 4.69) is 11.5 Å². The van der Waals surface area contributed by atoms with Gasteiger partial charge < -0.3 is 42.2 Å². The molecule has 21 heavy (non-hydrogen) atoms. The van der Waals surface area contributed by atoms with Crippen molar-refractivity contribution in [2.75, 3.05) is 11.5 Å². The minimum Gasteiger partial charge on any atom is -0.790 e. The zero-order chi connectivity index (χ0) is 16.5. The number of para-hydroxylation sites is 2.